The number of hydrogen-bond donors (Lipinski definition) is 1. The fourth-order valence-electron chi connectivity index (χ4n) is 2.36. The van der Waals surface area contributed by atoms with Gasteiger partial charge in [0.2, 0.25) is 0 Å². The monoisotopic (exact) mass is 380 g/mol. The second kappa shape index (κ2) is 5.74. The molecular weight excluding hydrogens is 371 g/mol. The van der Waals surface area contributed by atoms with Gasteiger partial charge < -0.3 is 9.88 Å². The Bertz CT molecular complexity index is 852. The molecule has 0 radical (unpaired) electrons. The quantitative estimate of drug-likeness (QED) is 0.667. The van der Waals surface area contributed by atoms with Gasteiger partial charge in [-0.2, -0.15) is 0 Å². The van der Waals surface area contributed by atoms with Crippen molar-refractivity contribution in [2.45, 2.75) is 0 Å². The minimum atomic E-state index is -0.523. The Morgan fingerprint density at radius 1 is 1.27 bits per heavy atom. The van der Waals surface area contributed by atoms with Crippen molar-refractivity contribution in [3.05, 3.63) is 63.5 Å². The minimum Gasteiger partial charge on any atom is -0.339 e. The predicted molar refractivity (Wildman–Crippen MR) is 90.0 cm³/mol. The van der Waals surface area contributed by atoms with E-state index in [-0.39, 0.29) is 10.9 Å². The first-order valence-corrected chi connectivity index (χ1v) is 7.65. The van der Waals surface area contributed by atoms with E-state index >= 15 is 0 Å². The molecule has 3 nitrogen and oxygen atoms in total. The van der Waals surface area contributed by atoms with Gasteiger partial charge in [-0.1, -0.05) is 29.8 Å². The van der Waals surface area contributed by atoms with E-state index in [2.05, 4.69) is 21.2 Å². The van der Waals surface area contributed by atoms with Crippen LogP contribution in [0.1, 0.15) is 10.5 Å². The van der Waals surface area contributed by atoms with Crippen molar-refractivity contribution in [3.8, 4) is 0 Å². The van der Waals surface area contributed by atoms with Gasteiger partial charge in [0.1, 0.15) is 11.5 Å². The summed E-state index contributed by atoms with van der Waals surface area (Å²) in [4.78, 5) is 12.5. The Morgan fingerprint density at radius 2 is 2.00 bits per heavy atom. The van der Waals surface area contributed by atoms with Gasteiger partial charge in [-0.3, -0.25) is 4.79 Å². The third kappa shape index (κ3) is 2.51. The molecule has 1 amide bonds. The maximum absolute atomic E-state index is 13.2. The van der Waals surface area contributed by atoms with E-state index in [0.717, 1.165) is 15.4 Å². The van der Waals surface area contributed by atoms with Gasteiger partial charge in [-0.05, 0) is 40.2 Å². The average Bonchev–Trinajstić information content (AvgIpc) is 2.75. The number of fused-ring (bicyclic) bond motifs is 1. The van der Waals surface area contributed by atoms with E-state index in [1.807, 2.05) is 31.3 Å². The molecule has 112 valence electrons. The topological polar surface area (TPSA) is 34.0 Å². The number of carbonyl (C=O) groups is 1. The lowest BCUT2D eigenvalue weighted by molar-refractivity contribution is 0.101. The van der Waals surface area contributed by atoms with E-state index in [1.165, 1.54) is 18.2 Å². The van der Waals surface area contributed by atoms with Crippen molar-refractivity contribution < 1.29 is 9.18 Å². The summed E-state index contributed by atoms with van der Waals surface area (Å²) in [7, 11) is 1.82. The second-order valence-corrected chi connectivity index (χ2v) is 6.02. The molecule has 3 rings (SSSR count). The number of hydrogen-bond acceptors (Lipinski definition) is 1. The van der Waals surface area contributed by atoms with Gasteiger partial charge in [0, 0.05) is 23.6 Å². The van der Waals surface area contributed by atoms with Crippen molar-refractivity contribution in [2.75, 3.05) is 5.32 Å². The molecule has 1 heterocycles. The Morgan fingerprint density at radius 3 is 2.68 bits per heavy atom. The first-order valence-electron chi connectivity index (χ1n) is 6.48. The lowest BCUT2D eigenvalue weighted by Crippen LogP contribution is -2.16. The zero-order chi connectivity index (χ0) is 15.9. The first-order chi connectivity index (χ1) is 10.5. The fraction of sp³-hybridized carbons (Fsp3) is 0.0625. The highest BCUT2D eigenvalue weighted by molar-refractivity contribution is 9.10. The normalized spacial score (nSPS) is 10.9. The predicted octanol–water partition coefficient (Wildman–Crippen LogP) is 4.99. The SMILES string of the molecule is Cn1c(C(=O)Nc2ccc(F)c(Cl)c2)c(Br)c2ccccc21. The molecule has 6 heteroatoms. The molecule has 2 aromatic carbocycles. The van der Waals surface area contributed by atoms with E-state index in [1.54, 1.807) is 4.57 Å². The van der Waals surface area contributed by atoms with Crippen LogP contribution in [0.15, 0.2) is 46.9 Å². The van der Waals surface area contributed by atoms with Crippen LogP contribution in [-0.4, -0.2) is 10.5 Å². The van der Waals surface area contributed by atoms with E-state index < -0.39 is 5.82 Å². The smallest absolute Gasteiger partial charge is 0.273 e. The summed E-state index contributed by atoms with van der Waals surface area (Å²) < 4.78 is 15.7. The number of nitrogens with zero attached hydrogens (tertiary/aromatic N) is 1. The Hall–Kier alpha value is -1.85. The average molecular weight is 382 g/mol. The van der Waals surface area contributed by atoms with Crippen molar-refractivity contribution >= 4 is 50.0 Å². The molecular formula is C16H11BrClFN2O. The van der Waals surface area contributed by atoms with Crippen LogP contribution in [0.2, 0.25) is 5.02 Å². The number of carbonyl (C=O) groups excluding carboxylic acids is 1. The second-order valence-electron chi connectivity index (χ2n) is 4.82. The molecule has 3 aromatic rings. The zero-order valence-corrected chi connectivity index (χ0v) is 13.9. The number of nitrogens with one attached hydrogen (secondary N) is 1. The zero-order valence-electron chi connectivity index (χ0n) is 11.5. The molecule has 0 aliphatic rings. The summed E-state index contributed by atoms with van der Waals surface area (Å²) in [6, 6.07) is 11.8. The summed E-state index contributed by atoms with van der Waals surface area (Å²) >= 11 is 9.20. The van der Waals surface area contributed by atoms with Crippen molar-refractivity contribution in [2.24, 2.45) is 7.05 Å². The molecule has 0 unspecified atom stereocenters. The van der Waals surface area contributed by atoms with Gasteiger partial charge in [0.15, 0.2) is 0 Å². The molecule has 0 aliphatic heterocycles. The Labute approximate surface area is 139 Å². The van der Waals surface area contributed by atoms with Crippen LogP contribution in [0, 0.1) is 5.82 Å². The number of aromatic nitrogens is 1. The molecule has 0 aliphatic carbocycles. The molecule has 1 aromatic heterocycles. The van der Waals surface area contributed by atoms with Crippen LogP contribution in [-0.2, 0) is 7.05 Å². The van der Waals surface area contributed by atoms with E-state index in [0.29, 0.717) is 11.4 Å². The highest BCUT2D eigenvalue weighted by atomic mass is 79.9. The standard InChI is InChI=1S/C16H11BrClFN2O/c1-21-13-5-3-2-4-10(13)14(17)15(21)16(22)20-9-6-7-12(19)11(18)8-9/h2-8H,1H3,(H,20,22). The highest BCUT2D eigenvalue weighted by Gasteiger charge is 2.19. The number of amides is 1. The van der Waals surface area contributed by atoms with Gasteiger partial charge in [-0.15, -0.1) is 0 Å². The number of anilines is 1. The van der Waals surface area contributed by atoms with Crippen LogP contribution < -0.4 is 5.32 Å². The maximum Gasteiger partial charge on any atom is 0.273 e. The molecule has 0 fully saturated rings. The number of rotatable bonds is 2. The summed E-state index contributed by atoms with van der Waals surface area (Å²) in [5, 5.41) is 3.65. The van der Waals surface area contributed by atoms with E-state index in [9.17, 15) is 9.18 Å². The molecule has 0 spiro atoms. The van der Waals surface area contributed by atoms with Crippen molar-refractivity contribution in [1.29, 1.82) is 0 Å². The van der Waals surface area contributed by atoms with E-state index in [4.69, 9.17) is 11.6 Å². The summed E-state index contributed by atoms with van der Waals surface area (Å²) in [5.74, 6) is -0.821. The van der Waals surface area contributed by atoms with Crippen molar-refractivity contribution in [3.63, 3.8) is 0 Å². The summed E-state index contributed by atoms with van der Waals surface area (Å²) in [6.45, 7) is 0. The third-order valence-corrected chi connectivity index (χ3v) is 4.53. The fourth-order valence-corrected chi connectivity index (χ4v) is 3.33. The van der Waals surface area contributed by atoms with Crippen LogP contribution >= 0.6 is 27.5 Å². The largest absolute Gasteiger partial charge is 0.339 e. The van der Waals surface area contributed by atoms with Gasteiger partial charge in [-0.25, -0.2) is 4.39 Å². The van der Waals surface area contributed by atoms with Crippen molar-refractivity contribution in [1.82, 2.24) is 4.57 Å². The first kappa shape index (κ1) is 15.1. The molecule has 0 saturated carbocycles. The molecule has 1 N–H and O–H groups in total. The number of benzene rings is 2. The highest BCUT2D eigenvalue weighted by Crippen LogP contribution is 2.31. The lowest BCUT2D eigenvalue weighted by atomic mass is 10.2. The third-order valence-electron chi connectivity index (χ3n) is 3.44. The van der Waals surface area contributed by atoms with Gasteiger partial charge in [0.25, 0.3) is 5.91 Å². The summed E-state index contributed by atoms with van der Waals surface area (Å²) in [6.07, 6.45) is 0. The molecule has 22 heavy (non-hydrogen) atoms. The summed E-state index contributed by atoms with van der Waals surface area (Å²) in [5.41, 5.74) is 1.87. The molecule has 0 atom stereocenters. The number of halogens is 3. The van der Waals surface area contributed by atoms with Gasteiger partial charge in [0.05, 0.1) is 9.50 Å². The molecule has 0 saturated heterocycles. The van der Waals surface area contributed by atoms with Crippen LogP contribution in [0.25, 0.3) is 10.9 Å². The Balaban J connectivity index is 2.00. The Kier molecular flexibility index (Phi) is 3.93. The number of aryl methyl sites for hydroxylation is 1. The van der Waals surface area contributed by atoms with Crippen LogP contribution in [0.3, 0.4) is 0 Å². The maximum atomic E-state index is 13.2. The minimum absolute atomic E-state index is 0.0334. The van der Waals surface area contributed by atoms with Crippen LogP contribution in [0.4, 0.5) is 10.1 Å². The van der Waals surface area contributed by atoms with Gasteiger partial charge >= 0.3 is 0 Å². The van der Waals surface area contributed by atoms with Crippen LogP contribution in [0.5, 0.6) is 0 Å². The number of para-hydroxylation sites is 1. The molecule has 0 bridgehead atoms. The lowest BCUT2D eigenvalue weighted by Gasteiger charge is -2.08.